The summed E-state index contributed by atoms with van der Waals surface area (Å²) >= 11 is 0. The Morgan fingerprint density at radius 3 is 2.36 bits per heavy atom. The molecule has 1 rings (SSSR count). The fourth-order valence-electron chi connectivity index (χ4n) is 1.89. The molecule has 0 saturated heterocycles. The largest absolute Gasteiger partial charge is 0.464 e. The molecule has 0 heterocycles. The van der Waals surface area contributed by atoms with Crippen LogP contribution in [0.4, 0.5) is 4.79 Å². The van der Waals surface area contributed by atoms with Crippen LogP contribution in [0.15, 0.2) is 30.3 Å². The summed E-state index contributed by atoms with van der Waals surface area (Å²) in [5, 5.41) is 12.5. The SMILES string of the molecule is CCOC(=O)C(O)[C@@H](NC(=O)OCc1ccccc1)C(C)C. The molecule has 1 unspecified atom stereocenters. The van der Waals surface area contributed by atoms with Gasteiger partial charge in [0.25, 0.3) is 0 Å². The summed E-state index contributed by atoms with van der Waals surface area (Å²) in [6, 6.07) is 8.45. The Hall–Kier alpha value is -2.08. The van der Waals surface area contributed by atoms with Gasteiger partial charge in [0.1, 0.15) is 6.61 Å². The van der Waals surface area contributed by atoms with Gasteiger partial charge in [-0.2, -0.15) is 0 Å². The number of rotatable bonds is 7. The van der Waals surface area contributed by atoms with Gasteiger partial charge in [0.05, 0.1) is 12.6 Å². The van der Waals surface area contributed by atoms with E-state index in [0.29, 0.717) is 0 Å². The van der Waals surface area contributed by atoms with Crippen LogP contribution in [0, 0.1) is 5.92 Å². The molecule has 2 atom stereocenters. The Bertz CT molecular complexity index is 475. The fraction of sp³-hybridized carbons (Fsp3) is 0.500. The lowest BCUT2D eigenvalue weighted by Crippen LogP contribution is -2.50. The molecule has 1 amide bonds. The van der Waals surface area contributed by atoms with E-state index in [1.165, 1.54) is 0 Å². The van der Waals surface area contributed by atoms with Crippen LogP contribution in [-0.2, 0) is 20.9 Å². The van der Waals surface area contributed by atoms with Gasteiger partial charge in [-0.15, -0.1) is 0 Å². The summed E-state index contributed by atoms with van der Waals surface area (Å²) in [4.78, 5) is 23.4. The van der Waals surface area contributed by atoms with Crippen molar-refractivity contribution in [3.05, 3.63) is 35.9 Å². The molecular formula is C16H23NO5. The van der Waals surface area contributed by atoms with Gasteiger partial charge in [-0.1, -0.05) is 44.2 Å². The number of nitrogens with one attached hydrogen (secondary N) is 1. The summed E-state index contributed by atoms with van der Waals surface area (Å²) in [6.07, 6.45) is -2.12. The van der Waals surface area contributed by atoms with Crippen molar-refractivity contribution in [3.63, 3.8) is 0 Å². The maximum Gasteiger partial charge on any atom is 0.407 e. The number of aliphatic hydroxyl groups is 1. The van der Waals surface area contributed by atoms with E-state index in [-0.39, 0.29) is 19.1 Å². The van der Waals surface area contributed by atoms with E-state index in [1.807, 2.05) is 30.3 Å². The molecule has 0 aromatic heterocycles. The average Bonchev–Trinajstić information content (AvgIpc) is 2.51. The Morgan fingerprint density at radius 1 is 1.18 bits per heavy atom. The summed E-state index contributed by atoms with van der Waals surface area (Å²) in [6.45, 7) is 5.50. The highest BCUT2D eigenvalue weighted by Gasteiger charge is 2.31. The second-order valence-corrected chi connectivity index (χ2v) is 5.17. The highest BCUT2D eigenvalue weighted by Crippen LogP contribution is 2.09. The third kappa shape index (κ3) is 5.73. The molecule has 122 valence electrons. The smallest absolute Gasteiger partial charge is 0.407 e. The fourth-order valence-corrected chi connectivity index (χ4v) is 1.89. The molecule has 0 bridgehead atoms. The molecule has 0 saturated carbocycles. The Labute approximate surface area is 130 Å². The average molecular weight is 309 g/mol. The summed E-state index contributed by atoms with van der Waals surface area (Å²) in [5.74, 6) is -0.923. The molecule has 6 nitrogen and oxygen atoms in total. The van der Waals surface area contributed by atoms with E-state index < -0.39 is 24.2 Å². The van der Waals surface area contributed by atoms with Gasteiger partial charge in [-0.3, -0.25) is 0 Å². The van der Waals surface area contributed by atoms with Crippen LogP contribution in [0.25, 0.3) is 0 Å². The predicted molar refractivity (Wildman–Crippen MR) is 81.0 cm³/mol. The second-order valence-electron chi connectivity index (χ2n) is 5.17. The van der Waals surface area contributed by atoms with Crippen LogP contribution in [0.3, 0.4) is 0 Å². The number of aliphatic hydroxyl groups excluding tert-OH is 1. The van der Waals surface area contributed by atoms with Gasteiger partial charge >= 0.3 is 12.1 Å². The zero-order valence-corrected chi connectivity index (χ0v) is 13.1. The topological polar surface area (TPSA) is 84.9 Å². The van der Waals surface area contributed by atoms with Crippen molar-refractivity contribution in [3.8, 4) is 0 Å². The number of esters is 1. The number of carbonyl (C=O) groups excluding carboxylic acids is 2. The first kappa shape index (κ1) is 18.0. The van der Waals surface area contributed by atoms with Gasteiger partial charge in [0.15, 0.2) is 6.10 Å². The van der Waals surface area contributed by atoms with Crippen molar-refractivity contribution in [2.24, 2.45) is 5.92 Å². The van der Waals surface area contributed by atoms with Crippen LogP contribution in [-0.4, -0.2) is 35.9 Å². The van der Waals surface area contributed by atoms with Crippen LogP contribution < -0.4 is 5.32 Å². The van der Waals surface area contributed by atoms with Gasteiger partial charge in [-0.05, 0) is 18.4 Å². The Balaban J connectivity index is 2.55. The quantitative estimate of drug-likeness (QED) is 0.751. The molecule has 2 N–H and O–H groups in total. The molecule has 0 aliphatic carbocycles. The molecule has 1 aromatic rings. The highest BCUT2D eigenvalue weighted by molar-refractivity contribution is 5.77. The summed E-state index contributed by atoms with van der Waals surface area (Å²) in [7, 11) is 0. The van der Waals surface area contributed by atoms with Crippen molar-refractivity contribution >= 4 is 12.1 Å². The predicted octanol–water partition coefficient (Wildman–Crippen LogP) is 1.86. The van der Waals surface area contributed by atoms with Crippen LogP contribution in [0.5, 0.6) is 0 Å². The van der Waals surface area contributed by atoms with Crippen molar-refractivity contribution < 1.29 is 24.2 Å². The third-order valence-corrected chi connectivity index (χ3v) is 3.08. The van der Waals surface area contributed by atoms with Crippen molar-refractivity contribution in [2.45, 2.75) is 39.5 Å². The molecule has 0 aliphatic rings. The maximum atomic E-state index is 11.8. The zero-order chi connectivity index (χ0) is 16.5. The van der Waals surface area contributed by atoms with Crippen LogP contribution >= 0.6 is 0 Å². The first-order chi connectivity index (χ1) is 10.5. The van der Waals surface area contributed by atoms with E-state index in [4.69, 9.17) is 9.47 Å². The number of ether oxygens (including phenoxy) is 2. The standard InChI is InChI=1S/C16H23NO5/c1-4-21-15(19)14(18)13(11(2)3)17-16(20)22-10-12-8-6-5-7-9-12/h5-9,11,13-14,18H,4,10H2,1-3H3,(H,17,20)/t13-,14?/m0/s1. The van der Waals surface area contributed by atoms with E-state index in [2.05, 4.69) is 5.32 Å². The third-order valence-electron chi connectivity index (χ3n) is 3.08. The van der Waals surface area contributed by atoms with Gasteiger partial charge in [0, 0.05) is 0 Å². The summed E-state index contributed by atoms with van der Waals surface area (Å²) < 4.78 is 9.85. The molecule has 6 heteroatoms. The van der Waals surface area contributed by atoms with Crippen molar-refractivity contribution in [2.75, 3.05) is 6.61 Å². The minimum Gasteiger partial charge on any atom is -0.464 e. The molecule has 1 aromatic carbocycles. The van der Waals surface area contributed by atoms with Crippen LogP contribution in [0.2, 0.25) is 0 Å². The van der Waals surface area contributed by atoms with Gasteiger partial charge < -0.3 is 19.9 Å². The lowest BCUT2D eigenvalue weighted by molar-refractivity contribution is -0.155. The Kier molecular flexibility index (Phi) is 7.39. The first-order valence-corrected chi connectivity index (χ1v) is 7.27. The zero-order valence-electron chi connectivity index (χ0n) is 13.1. The number of carbonyl (C=O) groups is 2. The molecular weight excluding hydrogens is 286 g/mol. The van der Waals surface area contributed by atoms with E-state index >= 15 is 0 Å². The number of amides is 1. The van der Waals surface area contributed by atoms with Gasteiger partial charge in [0.2, 0.25) is 0 Å². The molecule has 0 spiro atoms. The van der Waals surface area contributed by atoms with Gasteiger partial charge in [-0.25, -0.2) is 9.59 Å². The second kappa shape index (κ2) is 9.04. The van der Waals surface area contributed by atoms with Crippen LogP contribution in [0.1, 0.15) is 26.3 Å². The van der Waals surface area contributed by atoms with E-state index in [9.17, 15) is 14.7 Å². The number of benzene rings is 1. The lowest BCUT2D eigenvalue weighted by atomic mass is 9.99. The monoisotopic (exact) mass is 309 g/mol. The van der Waals surface area contributed by atoms with E-state index in [0.717, 1.165) is 5.56 Å². The maximum absolute atomic E-state index is 11.8. The number of hydrogen-bond donors (Lipinski definition) is 2. The number of hydrogen-bond acceptors (Lipinski definition) is 5. The normalized spacial score (nSPS) is 13.3. The number of alkyl carbamates (subject to hydrolysis) is 1. The van der Waals surface area contributed by atoms with Crippen molar-refractivity contribution in [1.29, 1.82) is 0 Å². The summed E-state index contributed by atoms with van der Waals surface area (Å²) in [5.41, 5.74) is 0.852. The molecule has 0 aliphatic heterocycles. The molecule has 22 heavy (non-hydrogen) atoms. The minimum absolute atomic E-state index is 0.118. The lowest BCUT2D eigenvalue weighted by Gasteiger charge is -2.25. The first-order valence-electron chi connectivity index (χ1n) is 7.27. The molecule has 0 radical (unpaired) electrons. The Morgan fingerprint density at radius 2 is 1.82 bits per heavy atom. The highest BCUT2D eigenvalue weighted by atomic mass is 16.6. The van der Waals surface area contributed by atoms with Crippen molar-refractivity contribution in [1.82, 2.24) is 5.32 Å². The molecule has 0 fully saturated rings. The minimum atomic E-state index is -1.43. The van der Waals surface area contributed by atoms with E-state index in [1.54, 1.807) is 20.8 Å².